The summed E-state index contributed by atoms with van der Waals surface area (Å²) in [7, 11) is 0. The highest BCUT2D eigenvalue weighted by Gasteiger charge is 2.63. The summed E-state index contributed by atoms with van der Waals surface area (Å²) < 4.78 is 83.0. The Morgan fingerprint density at radius 1 is 1.18 bits per heavy atom. The maximum absolute atomic E-state index is 14.6. The normalized spacial score (nSPS) is 22.1. The van der Waals surface area contributed by atoms with Crippen molar-refractivity contribution in [3.63, 3.8) is 0 Å². The van der Waals surface area contributed by atoms with Gasteiger partial charge in [-0.1, -0.05) is 34.4 Å². The Bertz CT molecular complexity index is 1190. The summed E-state index contributed by atoms with van der Waals surface area (Å²) in [4.78, 5) is 17.2. The third kappa shape index (κ3) is 4.33. The topological polar surface area (TPSA) is 50.7 Å². The summed E-state index contributed by atoms with van der Waals surface area (Å²) in [6, 6.07) is 5.23. The van der Waals surface area contributed by atoms with Crippen molar-refractivity contribution in [1.29, 1.82) is 0 Å². The number of amides is 1. The number of carbonyl (C=O) groups is 1. The number of hydrogen-bond donors (Lipinski definition) is 1. The zero-order valence-corrected chi connectivity index (χ0v) is 18.9. The Kier molecular flexibility index (Phi) is 6.05. The van der Waals surface area contributed by atoms with Crippen molar-refractivity contribution >= 4 is 34.8 Å². The number of benzene rings is 2. The van der Waals surface area contributed by atoms with Gasteiger partial charge in [0.1, 0.15) is 5.82 Å². The van der Waals surface area contributed by atoms with E-state index in [9.17, 15) is 31.1 Å². The van der Waals surface area contributed by atoms with Crippen LogP contribution < -0.4 is 5.32 Å². The fourth-order valence-electron chi connectivity index (χ4n) is 4.01. The van der Waals surface area contributed by atoms with Gasteiger partial charge in [0.2, 0.25) is 0 Å². The molecule has 0 radical (unpaired) electrons. The molecule has 2 aromatic carbocycles. The van der Waals surface area contributed by atoms with Gasteiger partial charge in [-0.15, -0.1) is 0 Å². The largest absolute Gasteiger partial charge is 0.435 e. The van der Waals surface area contributed by atoms with Crippen LogP contribution >= 0.6 is 23.2 Å². The lowest BCUT2D eigenvalue weighted by atomic mass is 9.85. The lowest BCUT2D eigenvalue weighted by Crippen LogP contribution is -2.50. The first-order valence-electron chi connectivity index (χ1n) is 9.99. The fourth-order valence-corrected chi connectivity index (χ4v) is 4.50. The molecule has 1 saturated carbocycles. The molecule has 1 aliphatic heterocycles. The number of alkyl halides is 5. The minimum absolute atomic E-state index is 0.137. The Morgan fingerprint density at radius 3 is 2.44 bits per heavy atom. The first-order valence-corrected chi connectivity index (χ1v) is 10.7. The quantitative estimate of drug-likeness (QED) is 0.364. The molecule has 1 fully saturated rings. The molecule has 1 amide bonds. The maximum atomic E-state index is 14.6. The molecule has 0 aromatic heterocycles. The Morgan fingerprint density at radius 2 is 1.85 bits per heavy atom. The molecular formula is C22H16Cl2F6N2O2. The number of rotatable bonds is 4. The van der Waals surface area contributed by atoms with E-state index in [0.29, 0.717) is 5.56 Å². The van der Waals surface area contributed by atoms with Crippen LogP contribution in [0.5, 0.6) is 0 Å². The number of halogens is 8. The van der Waals surface area contributed by atoms with Crippen LogP contribution in [0.15, 0.2) is 35.5 Å². The summed E-state index contributed by atoms with van der Waals surface area (Å²) in [5, 5.41) is 5.26. The van der Waals surface area contributed by atoms with Gasteiger partial charge < -0.3 is 10.2 Å². The van der Waals surface area contributed by atoms with Crippen LogP contribution in [0.2, 0.25) is 10.0 Å². The highest BCUT2D eigenvalue weighted by molar-refractivity contribution is 6.34. The Hall–Kier alpha value is -2.46. The van der Waals surface area contributed by atoms with Crippen LogP contribution in [0, 0.1) is 12.7 Å². The minimum Gasteiger partial charge on any atom is -0.374 e. The van der Waals surface area contributed by atoms with E-state index in [4.69, 9.17) is 28.0 Å². The minimum atomic E-state index is -5.08. The van der Waals surface area contributed by atoms with E-state index in [2.05, 4.69) is 10.5 Å². The molecule has 1 heterocycles. The SMILES string of the molecule is Cc1cc(C2=NO[C@@](c3cc(Cl)cc(Cl)c3F)(C(F)(F)F)C2)ccc1C(=O)NC1CC(F)(F)C1. The van der Waals surface area contributed by atoms with Crippen molar-refractivity contribution in [1.82, 2.24) is 5.32 Å². The summed E-state index contributed by atoms with van der Waals surface area (Å²) in [5.41, 5.74) is -3.43. The van der Waals surface area contributed by atoms with Gasteiger partial charge in [-0.05, 0) is 42.3 Å². The van der Waals surface area contributed by atoms with Crippen molar-refractivity contribution in [3.05, 3.63) is 68.4 Å². The van der Waals surface area contributed by atoms with Gasteiger partial charge in [0, 0.05) is 35.0 Å². The van der Waals surface area contributed by atoms with Crippen molar-refractivity contribution < 1.29 is 36.0 Å². The monoisotopic (exact) mass is 524 g/mol. The smallest absolute Gasteiger partial charge is 0.374 e. The number of hydrogen-bond acceptors (Lipinski definition) is 3. The van der Waals surface area contributed by atoms with Crippen molar-refractivity contribution in [2.75, 3.05) is 0 Å². The van der Waals surface area contributed by atoms with Crippen LogP contribution in [0.4, 0.5) is 26.3 Å². The molecule has 0 unspecified atom stereocenters. The first-order chi connectivity index (χ1) is 15.7. The van der Waals surface area contributed by atoms with Crippen molar-refractivity contribution in [2.45, 2.75) is 49.9 Å². The van der Waals surface area contributed by atoms with Gasteiger partial charge in [0.05, 0.1) is 17.2 Å². The molecule has 12 heteroatoms. The third-order valence-corrected chi connectivity index (χ3v) is 6.34. The van der Waals surface area contributed by atoms with Gasteiger partial charge in [0.25, 0.3) is 17.4 Å². The molecule has 0 spiro atoms. The molecule has 0 saturated heterocycles. The average molecular weight is 525 g/mol. The van der Waals surface area contributed by atoms with Crippen LogP contribution in [-0.2, 0) is 10.4 Å². The number of oxime groups is 1. The lowest BCUT2D eigenvalue weighted by Gasteiger charge is -2.35. The highest BCUT2D eigenvalue weighted by Crippen LogP contribution is 2.50. The molecule has 1 atom stereocenters. The highest BCUT2D eigenvalue weighted by atomic mass is 35.5. The van der Waals surface area contributed by atoms with Crippen molar-refractivity contribution in [3.8, 4) is 0 Å². The molecule has 4 rings (SSSR count). The van der Waals surface area contributed by atoms with Crippen LogP contribution in [0.1, 0.15) is 46.3 Å². The average Bonchev–Trinajstić information content (AvgIpc) is 3.16. The van der Waals surface area contributed by atoms with E-state index >= 15 is 0 Å². The van der Waals surface area contributed by atoms with Crippen LogP contribution in [-0.4, -0.2) is 29.8 Å². The van der Waals surface area contributed by atoms with Crippen LogP contribution in [0.3, 0.4) is 0 Å². The second-order valence-corrected chi connectivity index (χ2v) is 9.19. The van der Waals surface area contributed by atoms with E-state index < -0.39 is 65.3 Å². The predicted molar refractivity (Wildman–Crippen MR) is 113 cm³/mol. The van der Waals surface area contributed by atoms with Gasteiger partial charge in [-0.25, -0.2) is 13.2 Å². The molecule has 1 N–H and O–H groups in total. The molecule has 0 bridgehead atoms. The Labute approximate surface area is 199 Å². The van der Waals surface area contributed by atoms with E-state index in [-0.39, 0.29) is 21.9 Å². The number of nitrogens with zero attached hydrogens (tertiary/aromatic N) is 1. The summed E-state index contributed by atoms with van der Waals surface area (Å²) in [5.74, 6) is -4.70. The van der Waals surface area contributed by atoms with E-state index in [1.165, 1.54) is 25.1 Å². The maximum Gasteiger partial charge on any atom is 0.435 e. The molecule has 4 nitrogen and oxygen atoms in total. The molecule has 2 aromatic rings. The third-order valence-electron chi connectivity index (χ3n) is 5.84. The molecule has 2 aliphatic rings. The van der Waals surface area contributed by atoms with Gasteiger partial charge in [-0.2, -0.15) is 13.2 Å². The van der Waals surface area contributed by atoms with E-state index in [1.54, 1.807) is 0 Å². The molecule has 1 aliphatic carbocycles. The Balaban J connectivity index is 1.59. The van der Waals surface area contributed by atoms with E-state index in [0.717, 1.165) is 12.1 Å². The van der Waals surface area contributed by atoms with Crippen molar-refractivity contribution in [2.24, 2.45) is 5.16 Å². The zero-order chi connectivity index (χ0) is 25.1. The van der Waals surface area contributed by atoms with Crippen LogP contribution in [0.25, 0.3) is 0 Å². The first kappa shape index (κ1) is 24.7. The second-order valence-electron chi connectivity index (χ2n) is 8.34. The summed E-state index contributed by atoms with van der Waals surface area (Å²) in [6.45, 7) is 1.54. The van der Waals surface area contributed by atoms with E-state index in [1.807, 2.05) is 0 Å². The van der Waals surface area contributed by atoms with Gasteiger partial charge >= 0.3 is 6.18 Å². The fraction of sp³-hybridized carbons (Fsp3) is 0.364. The number of carbonyl (C=O) groups excluding carboxylic acids is 1. The number of aryl methyl sites for hydroxylation is 1. The number of nitrogens with one attached hydrogen (secondary N) is 1. The predicted octanol–water partition coefficient (Wildman–Crippen LogP) is 6.55. The van der Waals surface area contributed by atoms with Gasteiger partial charge in [0.15, 0.2) is 0 Å². The van der Waals surface area contributed by atoms with Gasteiger partial charge in [-0.3, -0.25) is 4.79 Å². The summed E-state index contributed by atoms with van der Waals surface area (Å²) >= 11 is 11.5. The standard InChI is InChI=1S/C22H16Cl2F6N2O2/c1-10-4-11(2-3-14(10)19(33)31-13-7-20(26,27)8-13)17-9-21(34-32-17,22(28,29)30)15-5-12(23)6-16(24)18(15)25/h2-6,13H,7-9H2,1H3,(H,31,33)/t21-/m0/s1. The molecule has 182 valence electrons. The lowest BCUT2D eigenvalue weighted by molar-refractivity contribution is -0.276. The second kappa shape index (κ2) is 8.34. The molecular weight excluding hydrogens is 509 g/mol. The zero-order valence-electron chi connectivity index (χ0n) is 17.4. The molecule has 34 heavy (non-hydrogen) atoms. The summed E-state index contributed by atoms with van der Waals surface area (Å²) in [6.07, 6.45) is -6.85.